The maximum absolute atomic E-state index is 12.6. The third kappa shape index (κ3) is 2.56. The van der Waals surface area contributed by atoms with E-state index in [9.17, 15) is 19.7 Å². The lowest BCUT2D eigenvalue weighted by atomic mass is 10.1. The molecule has 1 heterocycles. The largest absolute Gasteiger partial charge is 0.283 e. The van der Waals surface area contributed by atoms with Crippen LogP contribution in [0.15, 0.2) is 42.5 Å². The van der Waals surface area contributed by atoms with E-state index in [0.717, 1.165) is 29.7 Å². The highest BCUT2D eigenvalue weighted by atomic mass is 16.6. The van der Waals surface area contributed by atoms with Crippen LogP contribution >= 0.6 is 0 Å². The van der Waals surface area contributed by atoms with Gasteiger partial charge in [0.1, 0.15) is 5.56 Å². The molecule has 2 aromatic carbocycles. The van der Waals surface area contributed by atoms with Crippen molar-refractivity contribution in [2.24, 2.45) is 0 Å². The molecule has 0 saturated heterocycles. The van der Waals surface area contributed by atoms with Crippen LogP contribution in [0.5, 0.6) is 0 Å². The molecule has 6 nitrogen and oxygen atoms in total. The molecule has 0 atom stereocenters. The van der Waals surface area contributed by atoms with Gasteiger partial charge in [-0.25, -0.2) is 4.90 Å². The molecule has 0 aromatic heterocycles. The van der Waals surface area contributed by atoms with Gasteiger partial charge in [-0.3, -0.25) is 19.7 Å². The number of hydrogen-bond donors (Lipinski definition) is 0. The Bertz CT molecular complexity index is 827. The first-order valence-electron chi connectivity index (χ1n) is 7.79. The molecule has 122 valence electrons. The van der Waals surface area contributed by atoms with Gasteiger partial charge in [-0.05, 0) is 36.6 Å². The Hall–Kier alpha value is -3.02. The van der Waals surface area contributed by atoms with Crippen LogP contribution in [0.3, 0.4) is 0 Å². The highest BCUT2D eigenvalue weighted by Crippen LogP contribution is 2.33. The Morgan fingerprint density at radius 1 is 1.04 bits per heavy atom. The lowest BCUT2D eigenvalue weighted by Gasteiger charge is -2.14. The van der Waals surface area contributed by atoms with Gasteiger partial charge in [-0.1, -0.05) is 31.5 Å². The number of hydrogen-bond acceptors (Lipinski definition) is 4. The standard InChI is InChI=1S/C18H16N2O4/c1-2-3-5-12-8-10-13(11-9-12)19-17(21)14-6-4-7-15(20(23)24)16(14)18(19)22/h4,6-11H,2-3,5H2,1H3. The molecule has 0 radical (unpaired) electrons. The number of rotatable bonds is 5. The van der Waals surface area contributed by atoms with Crippen LogP contribution in [0.2, 0.25) is 0 Å². The second-order valence-corrected chi connectivity index (χ2v) is 5.67. The lowest BCUT2D eigenvalue weighted by Crippen LogP contribution is -2.29. The van der Waals surface area contributed by atoms with Crippen LogP contribution < -0.4 is 4.90 Å². The number of carbonyl (C=O) groups excluding carboxylic acids is 2. The number of imide groups is 1. The molecular weight excluding hydrogens is 308 g/mol. The van der Waals surface area contributed by atoms with E-state index in [1.807, 2.05) is 12.1 Å². The van der Waals surface area contributed by atoms with Crippen LogP contribution in [0.4, 0.5) is 11.4 Å². The molecule has 0 N–H and O–H groups in total. The summed E-state index contributed by atoms with van der Waals surface area (Å²) in [5.41, 5.74) is 1.15. The number of anilines is 1. The Morgan fingerprint density at radius 2 is 1.75 bits per heavy atom. The third-order valence-corrected chi connectivity index (χ3v) is 4.10. The average Bonchev–Trinajstić information content (AvgIpc) is 2.85. The summed E-state index contributed by atoms with van der Waals surface area (Å²) < 4.78 is 0. The lowest BCUT2D eigenvalue weighted by molar-refractivity contribution is -0.385. The summed E-state index contributed by atoms with van der Waals surface area (Å²) in [6, 6.07) is 11.3. The quantitative estimate of drug-likeness (QED) is 0.477. The second-order valence-electron chi connectivity index (χ2n) is 5.67. The first-order valence-corrected chi connectivity index (χ1v) is 7.79. The number of nitrogens with zero attached hydrogens (tertiary/aromatic N) is 2. The minimum atomic E-state index is -0.649. The number of benzene rings is 2. The highest BCUT2D eigenvalue weighted by Gasteiger charge is 2.41. The molecule has 0 unspecified atom stereocenters. The maximum Gasteiger partial charge on any atom is 0.283 e. The van der Waals surface area contributed by atoms with E-state index < -0.39 is 16.7 Å². The molecule has 1 aliphatic heterocycles. The summed E-state index contributed by atoms with van der Waals surface area (Å²) in [7, 11) is 0. The van der Waals surface area contributed by atoms with E-state index in [0.29, 0.717) is 5.69 Å². The van der Waals surface area contributed by atoms with E-state index in [1.54, 1.807) is 12.1 Å². The molecule has 0 fully saturated rings. The monoisotopic (exact) mass is 324 g/mol. The summed E-state index contributed by atoms with van der Waals surface area (Å²) in [4.78, 5) is 36.6. The van der Waals surface area contributed by atoms with Crippen LogP contribution in [-0.4, -0.2) is 16.7 Å². The number of carbonyl (C=O) groups is 2. The Kier molecular flexibility index (Phi) is 4.12. The zero-order valence-electron chi connectivity index (χ0n) is 13.2. The fourth-order valence-corrected chi connectivity index (χ4v) is 2.85. The van der Waals surface area contributed by atoms with Gasteiger partial charge in [0.25, 0.3) is 17.5 Å². The van der Waals surface area contributed by atoms with E-state index >= 15 is 0 Å². The van der Waals surface area contributed by atoms with Crippen molar-refractivity contribution in [1.29, 1.82) is 0 Å². The van der Waals surface area contributed by atoms with E-state index in [2.05, 4.69) is 6.92 Å². The summed E-state index contributed by atoms with van der Waals surface area (Å²) in [5.74, 6) is -1.18. The Labute approximate surface area is 138 Å². The van der Waals surface area contributed by atoms with Gasteiger partial charge >= 0.3 is 0 Å². The number of aryl methyl sites for hydroxylation is 1. The first-order chi connectivity index (χ1) is 11.5. The van der Waals surface area contributed by atoms with Gasteiger partial charge in [-0.15, -0.1) is 0 Å². The van der Waals surface area contributed by atoms with Crippen molar-refractivity contribution in [3.8, 4) is 0 Å². The molecule has 2 aromatic rings. The molecule has 2 amide bonds. The van der Waals surface area contributed by atoms with E-state index in [-0.39, 0.29) is 16.8 Å². The minimum Gasteiger partial charge on any atom is -0.268 e. The van der Waals surface area contributed by atoms with Crippen molar-refractivity contribution in [3.63, 3.8) is 0 Å². The van der Waals surface area contributed by atoms with Crippen molar-refractivity contribution in [2.45, 2.75) is 26.2 Å². The van der Waals surface area contributed by atoms with E-state index in [4.69, 9.17) is 0 Å². The van der Waals surface area contributed by atoms with Crippen LogP contribution in [0, 0.1) is 10.1 Å². The highest BCUT2D eigenvalue weighted by molar-refractivity contribution is 6.35. The smallest absolute Gasteiger partial charge is 0.268 e. The predicted octanol–water partition coefficient (Wildman–Crippen LogP) is 3.74. The SMILES string of the molecule is CCCCc1ccc(N2C(=O)c3cccc([N+](=O)[O-])c3C2=O)cc1. The van der Waals surface area contributed by atoms with Gasteiger partial charge in [0.2, 0.25) is 0 Å². The maximum atomic E-state index is 12.6. The summed E-state index contributed by atoms with van der Waals surface area (Å²) in [6.45, 7) is 2.11. The van der Waals surface area contributed by atoms with E-state index in [1.165, 1.54) is 18.2 Å². The van der Waals surface area contributed by atoms with Crippen LogP contribution in [0.25, 0.3) is 0 Å². The Morgan fingerprint density at radius 3 is 2.38 bits per heavy atom. The average molecular weight is 324 g/mol. The zero-order valence-corrected chi connectivity index (χ0v) is 13.2. The van der Waals surface area contributed by atoms with Gasteiger partial charge in [0, 0.05) is 6.07 Å². The summed E-state index contributed by atoms with van der Waals surface area (Å²) in [6.07, 6.45) is 3.09. The predicted molar refractivity (Wildman–Crippen MR) is 89.3 cm³/mol. The normalized spacial score (nSPS) is 13.3. The molecular formula is C18H16N2O4. The molecule has 0 aliphatic carbocycles. The molecule has 24 heavy (non-hydrogen) atoms. The second kappa shape index (κ2) is 6.23. The molecule has 6 heteroatoms. The van der Waals surface area contributed by atoms with Gasteiger partial charge in [0.05, 0.1) is 16.2 Å². The van der Waals surface area contributed by atoms with Crippen molar-refractivity contribution in [2.75, 3.05) is 4.90 Å². The summed E-state index contributed by atoms with van der Waals surface area (Å²) >= 11 is 0. The zero-order chi connectivity index (χ0) is 17.3. The number of fused-ring (bicyclic) bond motifs is 1. The van der Waals surface area contributed by atoms with Gasteiger partial charge < -0.3 is 0 Å². The fraction of sp³-hybridized carbons (Fsp3) is 0.222. The number of amides is 2. The topological polar surface area (TPSA) is 80.5 Å². The molecule has 1 aliphatic rings. The van der Waals surface area contributed by atoms with Crippen LogP contribution in [0.1, 0.15) is 46.0 Å². The molecule has 0 spiro atoms. The van der Waals surface area contributed by atoms with Crippen LogP contribution in [-0.2, 0) is 6.42 Å². The molecule has 0 saturated carbocycles. The number of unbranched alkanes of at least 4 members (excludes halogenated alkanes) is 1. The van der Waals surface area contributed by atoms with Gasteiger partial charge in [0.15, 0.2) is 0 Å². The fourth-order valence-electron chi connectivity index (χ4n) is 2.85. The van der Waals surface area contributed by atoms with Crippen molar-refractivity contribution in [3.05, 3.63) is 69.3 Å². The Balaban J connectivity index is 1.96. The van der Waals surface area contributed by atoms with Crippen molar-refractivity contribution < 1.29 is 14.5 Å². The number of nitro groups is 1. The molecule has 3 rings (SSSR count). The van der Waals surface area contributed by atoms with Crippen molar-refractivity contribution >= 4 is 23.2 Å². The van der Waals surface area contributed by atoms with Crippen molar-refractivity contribution in [1.82, 2.24) is 0 Å². The first kappa shape index (κ1) is 15.9. The third-order valence-electron chi connectivity index (χ3n) is 4.10. The minimum absolute atomic E-state index is 0.0734. The number of nitro benzene ring substituents is 1. The molecule has 0 bridgehead atoms. The summed E-state index contributed by atoms with van der Waals surface area (Å²) in [5, 5.41) is 11.1. The van der Waals surface area contributed by atoms with Gasteiger partial charge in [-0.2, -0.15) is 0 Å².